The molecule has 4 heteroatoms. The fraction of sp³-hybridized carbons (Fsp3) is 0.600. The van der Waals surface area contributed by atoms with E-state index in [9.17, 15) is 0 Å². The van der Waals surface area contributed by atoms with Crippen LogP contribution in [0, 0.1) is 5.41 Å². The van der Waals surface area contributed by atoms with E-state index >= 15 is 0 Å². The van der Waals surface area contributed by atoms with Crippen LogP contribution < -0.4 is 5.73 Å². The van der Waals surface area contributed by atoms with E-state index in [1.807, 2.05) is 6.33 Å². The third kappa shape index (κ3) is 1.78. The van der Waals surface area contributed by atoms with Crippen molar-refractivity contribution in [3.05, 3.63) is 17.7 Å². The Labute approximate surface area is 83.6 Å². The number of amidine groups is 1. The minimum atomic E-state index is 0.253. The van der Waals surface area contributed by atoms with Gasteiger partial charge in [-0.05, 0) is 25.7 Å². The van der Waals surface area contributed by atoms with Gasteiger partial charge < -0.3 is 10.3 Å². The molecule has 0 aliphatic heterocycles. The zero-order valence-corrected chi connectivity index (χ0v) is 8.29. The Hall–Kier alpha value is -1.32. The van der Waals surface area contributed by atoms with E-state index in [0.717, 1.165) is 19.4 Å². The summed E-state index contributed by atoms with van der Waals surface area (Å²) >= 11 is 0. The molecule has 1 heterocycles. The van der Waals surface area contributed by atoms with Gasteiger partial charge in [-0.1, -0.05) is 0 Å². The summed E-state index contributed by atoms with van der Waals surface area (Å²) in [5.41, 5.74) is 7.94. The molecule has 0 unspecified atom stereocenters. The highest BCUT2D eigenvalue weighted by Crippen LogP contribution is 2.19. The molecule has 1 aliphatic carbocycles. The molecule has 0 atom stereocenters. The summed E-state index contributed by atoms with van der Waals surface area (Å²) in [5, 5.41) is 7.18. The zero-order chi connectivity index (χ0) is 9.97. The molecule has 76 valence electrons. The molecule has 1 aromatic rings. The Morgan fingerprint density at radius 2 is 2.29 bits per heavy atom. The van der Waals surface area contributed by atoms with Gasteiger partial charge in [-0.3, -0.25) is 5.41 Å². The predicted molar refractivity (Wildman–Crippen MR) is 55.4 cm³/mol. The Morgan fingerprint density at radius 1 is 1.50 bits per heavy atom. The lowest BCUT2D eigenvalue weighted by Gasteiger charge is -2.13. The average Bonchev–Trinajstić information content (AvgIpc) is 2.58. The van der Waals surface area contributed by atoms with Crippen LogP contribution in [0.3, 0.4) is 0 Å². The van der Waals surface area contributed by atoms with Gasteiger partial charge in [0.1, 0.15) is 0 Å². The van der Waals surface area contributed by atoms with Crippen LogP contribution in [0.5, 0.6) is 0 Å². The number of nitrogens with zero attached hydrogens (tertiary/aromatic N) is 2. The van der Waals surface area contributed by atoms with Gasteiger partial charge in [0.25, 0.3) is 0 Å². The molecule has 0 aromatic carbocycles. The largest absolute Gasteiger partial charge is 0.388 e. The van der Waals surface area contributed by atoms with Crippen LogP contribution in [-0.4, -0.2) is 15.4 Å². The highest BCUT2D eigenvalue weighted by molar-refractivity contribution is 5.76. The molecule has 4 nitrogen and oxygen atoms in total. The first-order valence-corrected chi connectivity index (χ1v) is 5.13. The highest BCUT2D eigenvalue weighted by Gasteiger charge is 2.14. The lowest BCUT2D eigenvalue weighted by Crippen LogP contribution is -2.15. The van der Waals surface area contributed by atoms with Gasteiger partial charge in [0.2, 0.25) is 0 Å². The molecule has 0 fully saturated rings. The first-order valence-electron chi connectivity index (χ1n) is 5.13. The molecule has 0 amide bonds. The maximum absolute atomic E-state index is 7.18. The van der Waals surface area contributed by atoms with E-state index in [1.165, 1.54) is 24.2 Å². The van der Waals surface area contributed by atoms with Crippen molar-refractivity contribution in [2.45, 2.75) is 38.6 Å². The number of aromatic nitrogens is 2. The lowest BCUT2D eigenvalue weighted by atomic mass is 10.0. The fourth-order valence-electron chi connectivity index (χ4n) is 1.96. The summed E-state index contributed by atoms with van der Waals surface area (Å²) in [6.45, 7) is 0.803. The van der Waals surface area contributed by atoms with Gasteiger partial charge in [-0.2, -0.15) is 0 Å². The third-order valence-corrected chi connectivity index (χ3v) is 2.73. The summed E-state index contributed by atoms with van der Waals surface area (Å²) in [7, 11) is 0. The number of aryl methyl sites for hydroxylation is 2. The predicted octanol–water partition coefficient (Wildman–Crippen LogP) is 1.09. The first-order chi connectivity index (χ1) is 6.77. The smallest absolute Gasteiger partial charge is 0.0951 e. The van der Waals surface area contributed by atoms with E-state index in [1.54, 1.807) is 0 Å². The lowest BCUT2D eigenvalue weighted by molar-refractivity contribution is 0.610. The van der Waals surface area contributed by atoms with E-state index in [4.69, 9.17) is 11.1 Å². The number of imidazole rings is 1. The molecule has 0 saturated heterocycles. The quantitative estimate of drug-likeness (QED) is 0.556. The van der Waals surface area contributed by atoms with Crippen molar-refractivity contribution in [2.75, 3.05) is 0 Å². The molecular formula is C10H16N4. The van der Waals surface area contributed by atoms with Crippen LogP contribution in [0.2, 0.25) is 0 Å². The topological polar surface area (TPSA) is 67.7 Å². The summed E-state index contributed by atoms with van der Waals surface area (Å²) < 4.78 is 2.15. The first kappa shape index (κ1) is 9.24. The molecule has 0 radical (unpaired) electrons. The van der Waals surface area contributed by atoms with Gasteiger partial charge in [-0.15, -0.1) is 0 Å². The number of hydrogen-bond acceptors (Lipinski definition) is 2. The van der Waals surface area contributed by atoms with Crippen LogP contribution in [0.15, 0.2) is 6.33 Å². The average molecular weight is 192 g/mol. The maximum Gasteiger partial charge on any atom is 0.0951 e. The zero-order valence-electron chi connectivity index (χ0n) is 8.29. The standard InChI is InChI=1S/C10H16N4/c11-10(12)5-6-14-7-13-8-3-1-2-4-9(8)14/h7H,1-6H2,(H3,11,12). The van der Waals surface area contributed by atoms with Crippen molar-refractivity contribution in [1.82, 2.24) is 9.55 Å². The fourth-order valence-corrected chi connectivity index (χ4v) is 1.96. The van der Waals surface area contributed by atoms with Crippen molar-refractivity contribution >= 4 is 5.84 Å². The van der Waals surface area contributed by atoms with E-state index in [2.05, 4.69) is 9.55 Å². The van der Waals surface area contributed by atoms with Crippen LogP contribution in [0.25, 0.3) is 0 Å². The minimum absolute atomic E-state index is 0.253. The second kappa shape index (κ2) is 3.82. The van der Waals surface area contributed by atoms with E-state index < -0.39 is 0 Å². The van der Waals surface area contributed by atoms with Crippen molar-refractivity contribution in [3.63, 3.8) is 0 Å². The van der Waals surface area contributed by atoms with Gasteiger partial charge in [0, 0.05) is 18.7 Å². The number of nitrogens with one attached hydrogen (secondary N) is 1. The SMILES string of the molecule is N=C(N)CCn1cnc2c1CCCC2. The summed E-state index contributed by atoms with van der Waals surface area (Å²) in [6, 6.07) is 0. The Kier molecular flexibility index (Phi) is 2.52. The van der Waals surface area contributed by atoms with Gasteiger partial charge in [0.05, 0.1) is 17.9 Å². The molecule has 0 saturated carbocycles. The summed E-state index contributed by atoms with van der Waals surface area (Å²) in [6.07, 6.45) is 7.28. The monoisotopic (exact) mass is 192 g/mol. The van der Waals surface area contributed by atoms with Crippen molar-refractivity contribution in [2.24, 2.45) is 5.73 Å². The molecule has 2 rings (SSSR count). The molecule has 1 aliphatic rings. The molecular weight excluding hydrogens is 176 g/mol. The van der Waals surface area contributed by atoms with Crippen molar-refractivity contribution < 1.29 is 0 Å². The second-order valence-corrected chi connectivity index (χ2v) is 3.81. The van der Waals surface area contributed by atoms with Gasteiger partial charge in [-0.25, -0.2) is 4.98 Å². The van der Waals surface area contributed by atoms with Crippen molar-refractivity contribution in [3.8, 4) is 0 Å². The number of fused-ring (bicyclic) bond motifs is 1. The van der Waals surface area contributed by atoms with E-state index in [-0.39, 0.29) is 5.84 Å². The number of nitrogens with two attached hydrogens (primary N) is 1. The van der Waals surface area contributed by atoms with Gasteiger partial charge >= 0.3 is 0 Å². The number of hydrogen-bond donors (Lipinski definition) is 2. The Balaban J connectivity index is 2.10. The van der Waals surface area contributed by atoms with Crippen LogP contribution in [-0.2, 0) is 19.4 Å². The highest BCUT2D eigenvalue weighted by atomic mass is 15.1. The molecule has 1 aromatic heterocycles. The third-order valence-electron chi connectivity index (χ3n) is 2.73. The summed E-state index contributed by atoms with van der Waals surface area (Å²) in [4.78, 5) is 4.39. The maximum atomic E-state index is 7.18. The molecule has 3 N–H and O–H groups in total. The van der Waals surface area contributed by atoms with Crippen LogP contribution in [0.1, 0.15) is 30.7 Å². The normalized spacial score (nSPS) is 15.1. The minimum Gasteiger partial charge on any atom is -0.388 e. The Morgan fingerprint density at radius 3 is 3.07 bits per heavy atom. The van der Waals surface area contributed by atoms with Crippen LogP contribution in [0.4, 0.5) is 0 Å². The van der Waals surface area contributed by atoms with Crippen LogP contribution >= 0.6 is 0 Å². The Bertz CT molecular complexity index is 340. The van der Waals surface area contributed by atoms with E-state index in [0.29, 0.717) is 6.42 Å². The van der Waals surface area contributed by atoms with Crippen molar-refractivity contribution in [1.29, 1.82) is 5.41 Å². The molecule has 14 heavy (non-hydrogen) atoms. The molecule has 0 spiro atoms. The number of rotatable bonds is 3. The summed E-state index contributed by atoms with van der Waals surface area (Å²) in [5.74, 6) is 0.253. The van der Waals surface area contributed by atoms with Gasteiger partial charge in [0.15, 0.2) is 0 Å². The second-order valence-electron chi connectivity index (χ2n) is 3.81. The molecule has 0 bridgehead atoms.